The van der Waals surface area contributed by atoms with E-state index in [1.165, 1.54) is 0 Å². The number of benzene rings is 1. The molecule has 1 fully saturated rings. The first kappa shape index (κ1) is 16.0. The van der Waals surface area contributed by atoms with Gasteiger partial charge in [-0.1, -0.05) is 0 Å². The summed E-state index contributed by atoms with van der Waals surface area (Å²) < 4.78 is 24.4. The van der Waals surface area contributed by atoms with Crippen molar-refractivity contribution in [1.29, 1.82) is 0 Å². The molecular weight excluding hydrogens is 301 g/mol. The van der Waals surface area contributed by atoms with Crippen molar-refractivity contribution < 1.29 is 23.7 Å². The maximum Gasteiger partial charge on any atom is 0.311 e. The first-order chi connectivity index (χ1) is 10.2. The fourth-order valence-electron chi connectivity index (χ4n) is 2.07. The summed E-state index contributed by atoms with van der Waals surface area (Å²) in [7, 11) is 0. The number of rotatable bonds is 5. The number of nitrogens with zero attached hydrogens (tertiary/aromatic N) is 2. The van der Waals surface area contributed by atoms with Gasteiger partial charge in [0.2, 0.25) is 5.82 Å². The van der Waals surface area contributed by atoms with Crippen LogP contribution in [0.5, 0.6) is 0 Å². The number of nitrogens with one attached hydrogen (secondary N) is 1. The molecule has 1 aromatic carbocycles. The lowest BCUT2D eigenvalue weighted by Crippen LogP contribution is -2.26. The van der Waals surface area contributed by atoms with Gasteiger partial charge in [0.15, 0.2) is 5.79 Å². The number of halogens is 1. The van der Waals surface area contributed by atoms with Crippen LogP contribution in [0.25, 0.3) is 0 Å². The van der Waals surface area contributed by atoms with Gasteiger partial charge in [0.25, 0.3) is 5.69 Å². The number of nitro benzene ring substituents is 2. The molecule has 0 aliphatic carbocycles. The van der Waals surface area contributed by atoms with E-state index >= 15 is 0 Å². The Hall–Kier alpha value is -2.33. The molecule has 120 valence electrons. The van der Waals surface area contributed by atoms with Gasteiger partial charge in [-0.2, -0.15) is 4.39 Å². The second kappa shape index (κ2) is 5.81. The van der Waals surface area contributed by atoms with Gasteiger partial charge in [0.1, 0.15) is 11.8 Å². The summed E-state index contributed by atoms with van der Waals surface area (Å²) in [4.78, 5) is 19.8. The predicted octanol–water partition coefficient (Wildman–Crippen LogP) is 2.21. The highest BCUT2D eigenvalue weighted by atomic mass is 19.1. The SMILES string of the molecule is CC1(C)OC[C@@H](CNc2cc(F)c([N+](=O)[O-])cc2[N+](=O)[O-])O1. The summed E-state index contributed by atoms with van der Waals surface area (Å²) in [5.41, 5.74) is -1.67. The van der Waals surface area contributed by atoms with E-state index in [2.05, 4.69) is 5.32 Å². The van der Waals surface area contributed by atoms with Crippen molar-refractivity contribution in [3.8, 4) is 0 Å². The molecular formula is C12H14FN3O6. The smallest absolute Gasteiger partial charge is 0.311 e. The molecule has 0 radical (unpaired) electrons. The summed E-state index contributed by atoms with van der Waals surface area (Å²) in [5.74, 6) is -1.90. The standard InChI is InChI=1S/C12H14FN3O6/c1-12(2)21-6-7(22-12)5-14-9-3-8(13)10(15(17)18)4-11(9)16(19)20/h3-4,7,14H,5-6H2,1-2H3/t7-/m1/s1. The summed E-state index contributed by atoms with van der Waals surface area (Å²) >= 11 is 0. The zero-order valence-electron chi connectivity index (χ0n) is 11.9. The first-order valence-electron chi connectivity index (χ1n) is 6.37. The van der Waals surface area contributed by atoms with Crippen molar-refractivity contribution in [3.63, 3.8) is 0 Å². The van der Waals surface area contributed by atoms with Crippen LogP contribution in [0.3, 0.4) is 0 Å². The van der Waals surface area contributed by atoms with Gasteiger partial charge in [-0.15, -0.1) is 0 Å². The van der Waals surface area contributed by atoms with Crippen LogP contribution in [-0.2, 0) is 9.47 Å². The Kier molecular flexibility index (Phi) is 4.24. The molecule has 0 bridgehead atoms. The Balaban J connectivity index is 2.18. The fourth-order valence-corrected chi connectivity index (χ4v) is 2.07. The highest BCUT2D eigenvalue weighted by Gasteiger charge is 2.33. The van der Waals surface area contributed by atoms with Crippen LogP contribution in [0.2, 0.25) is 0 Å². The molecule has 0 aromatic heterocycles. The molecule has 22 heavy (non-hydrogen) atoms. The van der Waals surface area contributed by atoms with Gasteiger partial charge in [0.05, 0.1) is 22.5 Å². The monoisotopic (exact) mass is 315 g/mol. The molecule has 2 rings (SSSR count). The molecule has 1 N–H and O–H groups in total. The molecule has 1 saturated heterocycles. The molecule has 9 nitrogen and oxygen atoms in total. The lowest BCUT2D eigenvalue weighted by Gasteiger charge is -2.17. The van der Waals surface area contributed by atoms with Crippen LogP contribution in [0, 0.1) is 26.0 Å². The molecule has 1 aliphatic rings. The van der Waals surface area contributed by atoms with Crippen LogP contribution in [0.15, 0.2) is 12.1 Å². The minimum absolute atomic E-state index is 0.140. The fraction of sp³-hybridized carbons (Fsp3) is 0.500. The number of hydrogen-bond donors (Lipinski definition) is 1. The van der Waals surface area contributed by atoms with E-state index in [1.54, 1.807) is 13.8 Å². The van der Waals surface area contributed by atoms with Crippen LogP contribution in [0.1, 0.15) is 13.8 Å². The van der Waals surface area contributed by atoms with E-state index in [1.807, 2.05) is 0 Å². The second-order valence-corrected chi connectivity index (χ2v) is 5.17. The highest BCUT2D eigenvalue weighted by molar-refractivity contribution is 5.65. The van der Waals surface area contributed by atoms with Gasteiger partial charge in [-0.3, -0.25) is 20.2 Å². The van der Waals surface area contributed by atoms with Crippen molar-refractivity contribution >= 4 is 17.1 Å². The Labute approximate surface area is 124 Å². The van der Waals surface area contributed by atoms with Gasteiger partial charge in [0, 0.05) is 12.6 Å². The average Bonchev–Trinajstić information content (AvgIpc) is 2.75. The Morgan fingerprint density at radius 1 is 1.32 bits per heavy atom. The second-order valence-electron chi connectivity index (χ2n) is 5.17. The maximum absolute atomic E-state index is 13.6. The van der Waals surface area contributed by atoms with Crippen molar-refractivity contribution in [2.75, 3.05) is 18.5 Å². The third-order valence-corrected chi connectivity index (χ3v) is 3.05. The van der Waals surface area contributed by atoms with Gasteiger partial charge in [-0.25, -0.2) is 0 Å². The molecule has 0 amide bonds. The Morgan fingerprint density at radius 3 is 2.45 bits per heavy atom. The molecule has 1 atom stereocenters. The van der Waals surface area contributed by atoms with Crippen molar-refractivity contribution in [3.05, 3.63) is 38.2 Å². The molecule has 1 aliphatic heterocycles. The van der Waals surface area contributed by atoms with Crippen LogP contribution in [-0.4, -0.2) is 34.9 Å². The number of anilines is 1. The quantitative estimate of drug-likeness (QED) is 0.653. The van der Waals surface area contributed by atoms with E-state index in [0.29, 0.717) is 6.07 Å². The summed E-state index contributed by atoms with van der Waals surface area (Å²) in [5, 5.41) is 24.3. The maximum atomic E-state index is 13.6. The minimum atomic E-state index is -1.15. The highest BCUT2D eigenvalue weighted by Crippen LogP contribution is 2.32. The van der Waals surface area contributed by atoms with E-state index < -0.39 is 32.8 Å². The van der Waals surface area contributed by atoms with Crippen LogP contribution in [0.4, 0.5) is 21.5 Å². The first-order valence-corrected chi connectivity index (χ1v) is 6.37. The zero-order chi connectivity index (χ0) is 16.5. The van der Waals surface area contributed by atoms with Gasteiger partial charge >= 0.3 is 5.69 Å². The van der Waals surface area contributed by atoms with E-state index in [0.717, 1.165) is 6.07 Å². The number of nitro groups is 2. The molecule has 10 heteroatoms. The van der Waals surface area contributed by atoms with Gasteiger partial charge < -0.3 is 14.8 Å². The van der Waals surface area contributed by atoms with Crippen molar-refractivity contribution in [2.24, 2.45) is 0 Å². The van der Waals surface area contributed by atoms with Crippen LogP contribution < -0.4 is 5.32 Å². The summed E-state index contributed by atoms with van der Waals surface area (Å²) in [6.45, 7) is 3.87. The van der Waals surface area contributed by atoms with E-state index in [9.17, 15) is 24.6 Å². The largest absolute Gasteiger partial charge is 0.377 e. The average molecular weight is 315 g/mol. The molecule has 0 spiro atoms. The number of ether oxygens (including phenoxy) is 2. The third kappa shape index (κ3) is 3.46. The van der Waals surface area contributed by atoms with Crippen molar-refractivity contribution in [2.45, 2.75) is 25.7 Å². The molecule has 1 aromatic rings. The van der Waals surface area contributed by atoms with Crippen LogP contribution >= 0.6 is 0 Å². The number of hydrogen-bond acceptors (Lipinski definition) is 7. The summed E-state index contributed by atoms with van der Waals surface area (Å²) in [6.07, 6.45) is -0.368. The summed E-state index contributed by atoms with van der Waals surface area (Å²) in [6, 6.07) is 1.32. The third-order valence-electron chi connectivity index (χ3n) is 3.05. The zero-order valence-corrected chi connectivity index (χ0v) is 11.9. The molecule has 0 unspecified atom stereocenters. The van der Waals surface area contributed by atoms with Crippen molar-refractivity contribution in [1.82, 2.24) is 0 Å². The Bertz CT molecular complexity index is 621. The predicted molar refractivity (Wildman–Crippen MR) is 73.1 cm³/mol. The lowest BCUT2D eigenvalue weighted by molar-refractivity contribution is -0.395. The van der Waals surface area contributed by atoms with E-state index in [4.69, 9.17) is 9.47 Å². The lowest BCUT2D eigenvalue weighted by atomic mass is 10.2. The molecule has 1 heterocycles. The van der Waals surface area contributed by atoms with E-state index in [-0.39, 0.29) is 24.9 Å². The minimum Gasteiger partial charge on any atom is -0.377 e. The molecule has 0 saturated carbocycles. The van der Waals surface area contributed by atoms with Gasteiger partial charge in [-0.05, 0) is 13.8 Å². The topological polar surface area (TPSA) is 117 Å². The normalized spacial score (nSPS) is 19.9. The Morgan fingerprint density at radius 2 is 1.95 bits per heavy atom.